The molecule has 134 valence electrons. The molecule has 6 heteroatoms. The van der Waals surface area contributed by atoms with E-state index in [0.29, 0.717) is 25.6 Å². The molecule has 0 amide bonds. The molecule has 3 rings (SSSR count). The summed E-state index contributed by atoms with van der Waals surface area (Å²) < 4.78 is 41.1. The van der Waals surface area contributed by atoms with Crippen LogP contribution in [0.25, 0.3) is 0 Å². The van der Waals surface area contributed by atoms with Gasteiger partial charge in [-0.1, -0.05) is 12.8 Å². The normalized spacial score (nSPS) is 23.9. The first kappa shape index (κ1) is 17.7. The molecule has 24 heavy (non-hydrogen) atoms. The van der Waals surface area contributed by atoms with Crippen LogP contribution in [0, 0.1) is 17.5 Å². The highest BCUT2D eigenvalue weighted by Gasteiger charge is 2.33. The maximum atomic E-state index is 13.9. The largest absolute Gasteiger partial charge is 0.396 e. The summed E-state index contributed by atoms with van der Waals surface area (Å²) in [4.78, 5) is 4.42. The fourth-order valence-electron chi connectivity index (χ4n) is 4.14. The third-order valence-electron chi connectivity index (χ3n) is 5.39. The SMILES string of the molecule is OCC[C@@H]1CN(Cc2c(F)ccc(F)c2F)CCN1C1CCCC1. The predicted octanol–water partition coefficient (Wildman–Crippen LogP) is 2.92. The number of aliphatic hydroxyl groups excluding tert-OH is 1. The van der Waals surface area contributed by atoms with Crippen LogP contribution in [0.4, 0.5) is 13.2 Å². The van der Waals surface area contributed by atoms with Crippen molar-refractivity contribution in [2.24, 2.45) is 0 Å². The summed E-state index contributed by atoms with van der Waals surface area (Å²) in [5.41, 5.74) is -0.202. The fourth-order valence-corrected chi connectivity index (χ4v) is 4.14. The number of aliphatic hydroxyl groups is 1. The van der Waals surface area contributed by atoms with Gasteiger partial charge in [0.15, 0.2) is 11.6 Å². The van der Waals surface area contributed by atoms with E-state index in [1.165, 1.54) is 25.7 Å². The summed E-state index contributed by atoms with van der Waals surface area (Å²) >= 11 is 0. The predicted molar refractivity (Wildman–Crippen MR) is 86.0 cm³/mol. The van der Waals surface area contributed by atoms with E-state index in [2.05, 4.69) is 4.90 Å². The minimum atomic E-state index is -1.09. The lowest BCUT2D eigenvalue weighted by molar-refractivity contribution is 0.0258. The van der Waals surface area contributed by atoms with Crippen LogP contribution in [-0.4, -0.2) is 53.2 Å². The van der Waals surface area contributed by atoms with Crippen molar-refractivity contribution in [3.63, 3.8) is 0 Å². The van der Waals surface area contributed by atoms with Crippen LogP contribution in [0.2, 0.25) is 0 Å². The lowest BCUT2D eigenvalue weighted by atomic mass is 10.0. The molecule has 1 saturated carbocycles. The van der Waals surface area contributed by atoms with Crippen LogP contribution in [-0.2, 0) is 6.54 Å². The van der Waals surface area contributed by atoms with Gasteiger partial charge in [0.2, 0.25) is 0 Å². The zero-order chi connectivity index (χ0) is 17.1. The van der Waals surface area contributed by atoms with Crippen molar-refractivity contribution >= 4 is 0 Å². The van der Waals surface area contributed by atoms with Gasteiger partial charge in [0.05, 0.1) is 0 Å². The molecule has 0 spiro atoms. The highest BCUT2D eigenvalue weighted by atomic mass is 19.2. The third kappa shape index (κ3) is 3.76. The number of nitrogens with zero attached hydrogens (tertiary/aromatic N) is 2. The van der Waals surface area contributed by atoms with Crippen molar-refractivity contribution in [1.82, 2.24) is 9.80 Å². The Morgan fingerprint density at radius 2 is 1.75 bits per heavy atom. The molecular weight excluding hydrogens is 317 g/mol. The van der Waals surface area contributed by atoms with E-state index in [-0.39, 0.29) is 24.8 Å². The van der Waals surface area contributed by atoms with Gasteiger partial charge < -0.3 is 5.11 Å². The van der Waals surface area contributed by atoms with E-state index < -0.39 is 17.5 Å². The summed E-state index contributed by atoms with van der Waals surface area (Å²) in [6.07, 6.45) is 5.53. The second kappa shape index (κ2) is 7.85. The van der Waals surface area contributed by atoms with Crippen molar-refractivity contribution in [1.29, 1.82) is 0 Å². The molecule has 1 aromatic carbocycles. The lowest BCUT2D eigenvalue weighted by Crippen LogP contribution is -2.56. The number of piperazine rings is 1. The molecule has 3 nitrogen and oxygen atoms in total. The van der Waals surface area contributed by atoms with Gasteiger partial charge in [0.25, 0.3) is 0 Å². The lowest BCUT2D eigenvalue weighted by Gasteiger charge is -2.44. The number of hydrogen-bond acceptors (Lipinski definition) is 3. The van der Waals surface area contributed by atoms with Crippen LogP contribution in [0.1, 0.15) is 37.7 Å². The minimum Gasteiger partial charge on any atom is -0.396 e. The first-order valence-corrected chi connectivity index (χ1v) is 8.81. The van der Waals surface area contributed by atoms with Gasteiger partial charge in [0, 0.05) is 50.4 Å². The van der Waals surface area contributed by atoms with Crippen LogP contribution in [0.15, 0.2) is 12.1 Å². The van der Waals surface area contributed by atoms with Crippen molar-refractivity contribution in [3.05, 3.63) is 35.1 Å². The van der Waals surface area contributed by atoms with Crippen LogP contribution < -0.4 is 0 Å². The smallest absolute Gasteiger partial charge is 0.166 e. The average molecular weight is 342 g/mol. The molecule has 1 heterocycles. The molecule has 0 aromatic heterocycles. The molecular formula is C18H25F3N2O. The van der Waals surface area contributed by atoms with Gasteiger partial charge in [-0.15, -0.1) is 0 Å². The van der Waals surface area contributed by atoms with Crippen LogP contribution in [0.3, 0.4) is 0 Å². The quantitative estimate of drug-likeness (QED) is 0.834. The Balaban J connectivity index is 1.69. The summed E-state index contributed by atoms with van der Waals surface area (Å²) in [5.74, 6) is -2.80. The molecule has 1 aliphatic heterocycles. The Labute approximate surface area is 141 Å². The second-order valence-electron chi connectivity index (χ2n) is 6.90. The molecule has 1 aliphatic carbocycles. The molecule has 1 aromatic rings. The Hall–Kier alpha value is -1.11. The van der Waals surface area contributed by atoms with Gasteiger partial charge in [0.1, 0.15) is 5.82 Å². The standard InChI is InChI=1S/C18H25F3N2O/c19-16-5-6-17(20)18(21)15(16)12-22-8-9-23(13-3-1-2-4-13)14(11-22)7-10-24/h5-6,13-14,24H,1-4,7-12H2/t14-/m1/s1. The molecule has 0 bridgehead atoms. The number of halogens is 3. The van der Waals surface area contributed by atoms with E-state index >= 15 is 0 Å². The Morgan fingerprint density at radius 3 is 2.46 bits per heavy atom. The first-order chi connectivity index (χ1) is 11.6. The van der Waals surface area contributed by atoms with Gasteiger partial charge in [-0.2, -0.15) is 0 Å². The van der Waals surface area contributed by atoms with Gasteiger partial charge in [-0.05, 0) is 31.4 Å². The van der Waals surface area contributed by atoms with Crippen LogP contribution in [0.5, 0.6) is 0 Å². The summed E-state index contributed by atoms with van der Waals surface area (Å²) in [5, 5.41) is 9.36. The highest BCUT2D eigenvalue weighted by Crippen LogP contribution is 2.28. The number of benzene rings is 1. The fraction of sp³-hybridized carbons (Fsp3) is 0.667. The van der Waals surface area contributed by atoms with E-state index in [1.54, 1.807) is 0 Å². The maximum absolute atomic E-state index is 13.9. The van der Waals surface area contributed by atoms with Crippen molar-refractivity contribution in [2.45, 2.75) is 50.7 Å². The molecule has 1 N–H and O–H groups in total. The highest BCUT2D eigenvalue weighted by molar-refractivity contribution is 5.21. The molecule has 0 radical (unpaired) electrons. The van der Waals surface area contributed by atoms with E-state index in [4.69, 9.17) is 0 Å². The monoisotopic (exact) mass is 342 g/mol. The van der Waals surface area contributed by atoms with Crippen molar-refractivity contribution in [3.8, 4) is 0 Å². The Kier molecular flexibility index (Phi) is 5.79. The van der Waals surface area contributed by atoms with Crippen LogP contribution >= 0.6 is 0 Å². The second-order valence-corrected chi connectivity index (χ2v) is 6.90. The van der Waals surface area contributed by atoms with Gasteiger partial charge in [-0.25, -0.2) is 13.2 Å². The van der Waals surface area contributed by atoms with E-state index in [0.717, 1.165) is 18.7 Å². The Morgan fingerprint density at radius 1 is 1.04 bits per heavy atom. The molecule has 2 fully saturated rings. The molecule has 1 saturated heterocycles. The summed E-state index contributed by atoms with van der Waals surface area (Å²) in [6.45, 7) is 2.34. The first-order valence-electron chi connectivity index (χ1n) is 8.81. The van der Waals surface area contributed by atoms with Crippen molar-refractivity contribution in [2.75, 3.05) is 26.2 Å². The average Bonchev–Trinajstić information content (AvgIpc) is 3.10. The maximum Gasteiger partial charge on any atom is 0.166 e. The minimum absolute atomic E-state index is 0.0653. The Bertz CT molecular complexity index is 563. The van der Waals surface area contributed by atoms with E-state index in [9.17, 15) is 18.3 Å². The molecule has 0 unspecified atom stereocenters. The number of hydrogen-bond donors (Lipinski definition) is 1. The zero-order valence-corrected chi connectivity index (χ0v) is 13.9. The topological polar surface area (TPSA) is 26.7 Å². The van der Waals surface area contributed by atoms with Gasteiger partial charge >= 0.3 is 0 Å². The summed E-state index contributed by atoms with van der Waals surface area (Å²) in [7, 11) is 0. The van der Waals surface area contributed by atoms with Crippen molar-refractivity contribution < 1.29 is 18.3 Å². The van der Waals surface area contributed by atoms with E-state index in [1.807, 2.05) is 4.90 Å². The third-order valence-corrected chi connectivity index (χ3v) is 5.39. The zero-order valence-electron chi connectivity index (χ0n) is 13.9. The molecule has 1 atom stereocenters. The number of rotatable bonds is 5. The molecule has 2 aliphatic rings. The van der Waals surface area contributed by atoms with Gasteiger partial charge in [-0.3, -0.25) is 9.80 Å². The summed E-state index contributed by atoms with van der Waals surface area (Å²) in [6, 6.07) is 2.55.